The molecule has 0 spiro atoms. The Labute approximate surface area is 305 Å². The van der Waals surface area contributed by atoms with Gasteiger partial charge in [0.2, 0.25) is 0 Å². The molecule has 2 aromatic carbocycles. The normalized spacial score (nSPS) is 14.4. The third kappa shape index (κ3) is 21.7. The van der Waals surface area contributed by atoms with Crippen LogP contribution < -0.4 is 33.6 Å². The minimum Gasteiger partial charge on any atom is -0.405 e. The van der Waals surface area contributed by atoms with Crippen LogP contribution >= 0.6 is 0 Å². The number of aryl methyl sites for hydroxylation is 1. The molecule has 10 N–H and O–H groups in total. The van der Waals surface area contributed by atoms with Gasteiger partial charge in [-0.2, -0.15) is 0 Å². The molecule has 0 aromatic heterocycles. The molecule has 280 valence electrons. The lowest BCUT2D eigenvalue weighted by Crippen LogP contribution is -2.41. The summed E-state index contributed by atoms with van der Waals surface area (Å²) in [5.74, 6) is 2.43. The molecule has 2 unspecified atom stereocenters. The molecule has 0 aliphatic carbocycles. The fourth-order valence-electron chi connectivity index (χ4n) is 5.20. The van der Waals surface area contributed by atoms with Crippen molar-refractivity contribution in [2.24, 2.45) is 45.7 Å². The molecule has 4 rings (SSSR count). The topological polar surface area (TPSA) is 147 Å². The molecule has 1 fully saturated rings. The second kappa shape index (κ2) is 29.7. The zero-order chi connectivity index (χ0) is 37.6. The Bertz CT molecular complexity index is 1170. The number of nitrogens with zero attached hydrogens (tertiary/aromatic N) is 3. The molecular formula is C41H71N9. The zero-order valence-electron chi connectivity index (χ0n) is 31.8. The summed E-state index contributed by atoms with van der Waals surface area (Å²) >= 11 is 0. The summed E-state index contributed by atoms with van der Waals surface area (Å²) in [6.45, 7) is 31.7. The van der Waals surface area contributed by atoms with Crippen LogP contribution in [0.3, 0.4) is 0 Å². The molecule has 0 bridgehead atoms. The van der Waals surface area contributed by atoms with Crippen LogP contribution in [0.4, 0.5) is 0 Å². The molecule has 2 atom stereocenters. The van der Waals surface area contributed by atoms with Crippen LogP contribution in [0.25, 0.3) is 0 Å². The SMILES string of the molecule is C=C(NCC(CCCN)C(=C)N1CCCN(C2=NCCN2)CC1)C(CN)Cc1ccccc1.C=CN.C=CN.CC(C)C.Cc1ccccc1. The lowest BCUT2D eigenvalue weighted by molar-refractivity contribution is 0.300. The summed E-state index contributed by atoms with van der Waals surface area (Å²) in [5.41, 5.74) is 26.0. The number of guanidine groups is 1. The first-order valence-electron chi connectivity index (χ1n) is 18.1. The van der Waals surface area contributed by atoms with Gasteiger partial charge in [-0.1, -0.05) is 113 Å². The Hall–Kier alpha value is -4.21. The Kier molecular flexibility index (Phi) is 27.2. The summed E-state index contributed by atoms with van der Waals surface area (Å²) in [4.78, 5) is 9.44. The van der Waals surface area contributed by atoms with Crippen molar-refractivity contribution in [1.82, 2.24) is 20.4 Å². The maximum Gasteiger partial charge on any atom is 0.194 e. The molecule has 0 amide bonds. The van der Waals surface area contributed by atoms with E-state index >= 15 is 0 Å². The first kappa shape index (κ1) is 45.8. The highest BCUT2D eigenvalue weighted by Crippen LogP contribution is 2.22. The van der Waals surface area contributed by atoms with Crippen LogP contribution in [0.5, 0.6) is 0 Å². The van der Waals surface area contributed by atoms with Crippen LogP contribution in [-0.4, -0.2) is 74.7 Å². The highest BCUT2D eigenvalue weighted by atomic mass is 15.3. The molecule has 9 nitrogen and oxygen atoms in total. The van der Waals surface area contributed by atoms with Crippen molar-refractivity contribution in [3.05, 3.63) is 122 Å². The van der Waals surface area contributed by atoms with Gasteiger partial charge < -0.3 is 43.4 Å². The minimum atomic E-state index is 0.210. The van der Waals surface area contributed by atoms with Crippen molar-refractivity contribution in [1.29, 1.82) is 0 Å². The highest BCUT2D eigenvalue weighted by molar-refractivity contribution is 5.81. The van der Waals surface area contributed by atoms with Crippen molar-refractivity contribution in [2.75, 3.05) is 58.9 Å². The van der Waals surface area contributed by atoms with Crippen LogP contribution in [0.15, 0.2) is 116 Å². The molecule has 1 saturated heterocycles. The molecule has 2 aliphatic heterocycles. The predicted octanol–water partition coefficient (Wildman–Crippen LogP) is 5.58. The predicted molar refractivity (Wildman–Crippen MR) is 219 cm³/mol. The van der Waals surface area contributed by atoms with Gasteiger partial charge in [-0.05, 0) is 63.0 Å². The first-order valence-corrected chi connectivity index (χ1v) is 18.1. The highest BCUT2D eigenvalue weighted by Gasteiger charge is 2.24. The number of hydrogen-bond acceptors (Lipinski definition) is 9. The van der Waals surface area contributed by atoms with Gasteiger partial charge in [0, 0.05) is 69.0 Å². The van der Waals surface area contributed by atoms with Crippen molar-refractivity contribution < 1.29 is 0 Å². The van der Waals surface area contributed by atoms with Gasteiger partial charge in [-0.25, -0.2) is 0 Å². The van der Waals surface area contributed by atoms with Gasteiger partial charge in [0.05, 0.1) is 6.54 Å². The Morgan fingerprint density at radius 3 is 1.96 bits per heavy atom. The van der Waals surface area contributed by atoms with Crippen LogP contribution in [0.2, 0.25) is 0 Å². The maximum atomic E-state index is 6.10. The van der Waals surface area contributed by atoms with E-state index in [0.29, 0.717) is 19.0 Å². The second-order valence-corrected chi connectivity index (χ2v) is 13.0. The second-order valence-electron chi connectivity index (χ2n) is 13.0. The molecule has 2 heterocycles. The van der Waals surface area contributed by atoms with Gasteiger partial charge in [-0.15, -0.1) is 0 Å². The fourth-order valence-corrected chi connectivity index (χ4v) is 5.20. The van der Waals surface area contributed by atoms with Gasteiger partial charge in [0.1, 0.15) is 0 Å². The fraction of sp³-hybridized carbons (Fsp3) is 0.488. The number of aliphatic imine (C=N–C) groups is 1. The van der Waals surface area contributed by atoms with E-state index in [1.165, 1.54) is 29.2 Å². The van der Waals surface area contributed by atoms with E-state index in [0.717, 1.165) is 89.1 Å². The minimum absolute atomic E-state index is 0.210. The molecule has 0 saturated carbocycles. The maximum absolute atomic E-state index is 6.10. The molecular weight excluding hydrogens is 619 g/mol. The van der Waals surface area contributed by atoms with Gasteiger partial charge in [0.15, 0.2) is 5.96 Å². The number of rotatable bonds is 12. The lowest BCUT2D eigenvalue weighted by atomic mass is 9.95. The van der Waals surface area contributed by atoms with E-state index in [9.17, 15) is 0 Å². The Morgan fingerprint density at radius 2 is 1.48 bits per heavy atom. The molecule has 9 heteroatoms. The third-order valence-electron chi connectivity index (χ3n) is 7.70. The smallest absolute Gasteiger partial charge is 0.194 e. The monoisotopic (exact) mass is 690 g/mol. The van der Waals surface area contributed by atoms with E-state index in [-0.39, 0.29) is 5.92 Å². The number of benzene rings is 2. The van der Waals surface area contributed by atoms with Crippen molar-refractivity contribution >= 4 is 5.96 Å². The van der Waals surface area contributed by atoms with E-state index in [1.54, 1.807) is 0 Å². The number of hydrogen-bond donors (Lipinski definition) is 6. The number of nitrogens with two attached hydrogens (primary N) is 4. The first-order chi connectivity index (χ1) is 24.1. The largest absolute Gasteiger partial charge is 0.405 e. The van der Waals surface area contributed by atoms with Gasteiger partial charge in [0.25, 0.3) is 0 Å². The van der Waals surface area contributed by atoms with Crippen LogP contribution in [0, 0.1) is 24.7 Å². The van der Waals surface area contributed by atoms with Crippen molar-refractivity contribution in [3.63, 3.8) is 0 Å². The van der Waals surface area contributed by atoms with Gasteiger partial charge >= 0.3 is 0 Å². The summed E-state index contributed by atoms with van der Waals surface area (Å²) in [7, 11) is 0. The van der Waals surface area contributed by atoms with Crippen LogP contribution in [-0.2, 0) is 6.42 Å². The summed E-state index contributed by atoms with van der Waals surface area (Å²) < 4.78 is 0. The van der Waals surface area contributed by atoms with E-state index in [2.05, 4.69) is 127 Å². The third-order valence-corrected chi connectivity index (χ3v) is 7.70. The molecule has 2 aromatic rings. The standard InChI is InChI=1S/C26H43N7.C7H8.C4H10.2C2H5N/c1-21(25(19-28)18-23-8-4-3-5-9-23)31-20-24(10-6-11-27)22(2)32-14-7-15-33(17-16-32)26-29-12-13-30-26;1-7-5-3-2-4-6-7;1-4(2)3;2*1-2-3/h3-5,8-9,24-25,31H,1-2,6-7,10-20,27-28H2,(H,29,30);2-6H,1H3;4H,1-3H3;2*2H,1,3H2. The Morgan fingerprint density at radius 1 is 0.900 bits per heavy atom. The zero-order valence-corrected chi connectivity index (χ0v) is 31.8. The molecule has 50 heavy (non-hydrogen) atoms. The Balaban J connectivity index is 0.00000116. The average Bonchev–Trinajstić information content (AvgIpc) is 3.53. The molecule has 0 radical (unpaired) electrons. The average molecular weight is 690 g/mol. The van der Waals surface area contributed by atoms with Crippen LogP contribution in [0.1, 0.15) is 51.2 Å². The van der Waals surface area contributed by atoms with Gasteiger partial charge in [-0.3, -0.25) is 4.99 Å². The van der Waals surface area contributed by atoms with E-state index < -0.39 is 0 Å². The lowest BCUT2D eigenvalue weighted by Gasteiger charge is -2.32. The summed E-state index contributed by atoms with van der Waals surface area (Å²) in [6, 6.07) is 20.8. The van der Waals surface area contributed by atoms with Crippen molar-refractivity contribution in [2.45, 2.75) is 53.4 Å². The quantitative estimate of drug-likeness (QED) is 0.169. The van der Waals surface area contributed by atoms with Crippen molar-refractivity contribution in [3.8, 4) is 0 Å². The molecule has 2 aliphatic rings. The summed E-state index contributed by atoms with van der Waals surface area (Å²) in [5, 5.41) is 7.02. The summed E-state index contributed by atoms with van der Waals surface area (Å²) in [6.07, 6.45) is 6.52. The number of nitrogens with one attached hydrogen (secondary N) is 2. The van der Waals surface area contributed by atoms with E-state index in [4.69, 9.17) is 11.5 Å². The van der Waals surface area contributed by atoms with E-state index in [1.807, 2.05) is 24.3 Å².